The van der Waals surface area contributed by atoms with Crippen molar-refractivity contribution in [2.45, 2.75) is 30.7 Å². The number of hydrogen-bond acceptors (Lipinski definition) is 3. The van der Waals surface area contributed by atoms with Crippen molar-refractivity contribution in [2.75, 3.05) is 12.8 Å². The number of nitrogens with zero attached hydrogens (tertiary/aromatic N) is 1. The minimum absolute atomic E-state index is 0.0806. The molecule has 0 aromatic heterocycles. The van der Waals surface area contributed by atoms with Crippen LogP contribution in [0.1, 0.15) is 29.7 Å². The monoisotopic (exact) mass is 411 g/mol. The summed E-state index contributed by atoms with van der Waals surface area (Å²) in [7, 11) is -3.30. The summed E-state index contributed by atoms with van der Waals surface area (Å²) in [6.07, 6.45) is 1.83. The van der Waals surface area contributed by atoms with Crippen LogP contribution in [0.25, 0.3) is 0 Å². The molecule has 0 bridgehead atoms. The van der Waals surface area contributed by atoms with Gasteiger partial charge in [0.25, 0.3) is 0 Å². The Labute approximate surface area is 163 Å². The Morgan fingerprint density at radius 3 is 2.38 bits per heavy atom. The van der Waals surface area contributed by atoms with Gasteiger partial charge < -0.3 is 4.90 Å². The van der Waals surface area contributed by atoms with Crippen LogP contribution in [0.15, 0.2) is 41.3 Å². The molecule has 0 spiro atoms. The first-order valence-electron chi connectivity index (χ1n) is 8.24. The molecule has 0 N–H and O–H groups in total. The molecule has 4 nitrogen and oxygen atoms in total. The van der Waals surface area contributed by atoms with Crippen molar-refractivity contribution < 1.29 is 13.2 Å². The highest BCUT2D eigenvalue weighted by Crippen LogP contribution is 2.34. The normalized spacial score (nSPS) is 17.1. The molecule has 1 atom stereocenters. The van der Waals surface area contributed by atoms with Crippen LogP contribution in [0.3, 0.4) is 0 Å². The topological polar surface area (TPSA) is 54.5 Å². The molecular formula is C19H19Cl2NO3S. The number of carbonyl (C=O) groups is 1. The number of hydrogen-bond donors (Lipinski definition) is 0. The number of halogens is 2. The van der Waals surface area contributed by atoms with Crippen LogP contribution >= 0.6 is 23.2 Å². The van der Waals surface area contributed by atoms with Crippen molar-refractivity contribution in [1.82, 2.24) is 4.90 Å². The van der Waals surface area contributed by atoms with Gasteiger partial charge in [-0.25, -0.2) is 8.42 Å². The Bertz CT molecular complexity index is 952. The lowest BCUT2D eigenvalue weighted by Gasteiger charge is -2.36. The van der Waals surface area contributed by atoms with Gasteiger partial charge in [0.1, 0.15) is 0 Å². The maximum absolute atomic E-state index is 12.9. The van der Waals surface area contributed by atoms with Gasteiger partial charge in [-0.05, 0) is 48.2 Å². The van der Waals surface area contributed by atoms with E-state index in [1.807, 2.05) is 13.0 Å². The van der Waals surface area contributed by atoms with E-state index in [0.29, 0.717) is 33.5 Å². The van der Waals surface area contributed by atoms with E-state index in [4.69, 9.17) is 23.2 Å². The van der Waals surface area contributed by atoms with Gasteiger partial charge >= 0.3 is 0 Å². The summed E-state index contributed by atoms with van der Waals surface area (Å²) in [6.45, 7) is 2.37. The SMILES string of the molecule is C[C@H]1c2cccc(S(C)(=O)=O)c2CCN1C(=O)Cc1c(Cl)cccc1Cl. The van der Waals surface area contributed by atoms with Gasteiger partial charge in [0.15, 0.2) is 9.84 Å². The maximum Gasteiger partial charge on any atom is 0.227 e. The van der Waals surface area contributed by atoms with E-state index in [9.17, 15) is 13.2 Å². The number of amides is 1. The molecule has 0 saturated heterocycles. The fourth-order valence-corrected chi connectivity index (χ4v) is 5.00. The third kappa shape index (κ3) is 3.61. The largest absolute Gasteiger partial charge is 0.335 e. The first-order chi connectivity index (χ1) is 12.2. The fraction of sp³-hybridized carbons (Fsp3) is 0.316. The highest BCUT2D eigenvalue weighted by Gasteiger charge is 2.31. The van der Waals surface area contributed by atoms with Gasteiger partial charge in [-0.15, -0.1) is 0 Å². The standard InChI is InChI=1S/C19H19Cl2NO3S/c1-12-13-5-3-8-18(26(2,24)25)14(13)9-10-22(12)19(23)11-15-16(20)6-4-7-17(15)21/h3-8,12H,9-11H2,1-2H3/t12-/m0/s1. The second kappa shape index (κ2) is 7.22. The van der Waals surface area contributed by atoms with Gasteiger partial charge in [-0.2, -0.15) is 0 Å². The predicted octanol–water partition coefficient (Wildman–Crippen LogP) is 4.09. The van der Waals surface area contributed by atoms with Crippen molar-refractivity contribution in [3.8, 4) is 0 Å². The molecule has 1 heterocycles. The van der Waals surface area contributed by atoms with Crippen LogP contribution in [0.2, 0.25) is 10.0 Å². The van der Waals surface area contributed by atoms with Crippen LogP contribution in [-0.4, -0.2) is 32.0 Å². The number of fused-ring (bicyclic) bond motifs is 1. The molecule has 2 aromatic carbocycles. The van der Waals surface area contributed by atoms with Gasteiger partial charge in [0.2, 0.25) is 5.91 Å². The third-order valence-corrected chi connectivity index (χ3v) is 6.69. The number of benzene rings is 2. The molecule has 138 valence electrons. The zero-order chi connectivity index (χ0) is 19.1. The van der Waals surface area contributed by atoms with E-state index in [0.717, 1.165) is 11.1 Å². The zero-order valence-corrected chi connectivity index (χ0v) is 16.8. The quantitative estimate of drug-likeness (QED) is 0.763. The van der Waals surface area contributed by atoms with E-state index < -0.39 is 9.84 Å². The van der Waals surface area contributed by atoms with E-state index in [2.05, 4.69) is 0 Å². The van der Waals surface area contributed by atoms with Crippen molar-refractivity contribution in [2.24, 2.45) is 0 Å². The maximum atomic E-state index is 12.9. The van der Waals surface area contributed by atoms with Crippen molar-refractivity contribution >= 4 is 38.9 Å². The summed E-state index contributed by atoms with van der Waals surface area (Å²) < 4.78 is 24.1. The predicted molar refractivity (Wildman–Crippen MR) is 104 cm³/mol. The average molecular weight is 412 g/mol. The smallest absolute Gasteiger partial charge is 0.227 e. The van der Waals surface area contributed by atoms with Crippen LogP contribution in [0.5, 0.6) is 0 Å². The molecule has 0 aliphatic carbocycles. The van der Waals surface area contributed by atoms with E-state index in [1.165, 1.54) is 6.26 Å². The van der Waals surface area contributed by atoms with Crippen LogP contribution < -0.4 is 0 Å². The van der Waals surface area contributed by atoms with Crippen LogP contribution in [0.4, 0.5) is 0 Å². The summed E-state index contributed by atoms with van der Waals surface area (Å²) in [6, 6.07) is 10.2. The van der Waals surface area contributed by atoms with Gasteiger partial charge in [-0.3, -0.25) is 4.79 Å². The number of carbonyl (C=O) groups excluding carboxylic acids is 1. The molecule has 0 radical (unpaired) electrons. The first kappa shape index (κ1) is 19.2. The lowest BCUT2D eigenvalue weighted by molar-refractivity contribution is -0.133. The second-order valence-electron chi connectivity index (χ2n) is 6.49. The summed E-state index contributed by atoms with van der Waals surface area (Å²) in [4.78, 5) is 15.0. The lowest BCUT2D eigenvalue weighted by atomic mass is 9.93. The molecular weight excluding hydrogens is 393 g/mol. The molecule has 0 saturated carbocycles. The molecule has 2 aromatic rings. The molecule has 1 amide bonds. The van der Waals surface area contributed by atoms with Crippen LogP contribution in [0, 0.1) is 0 Å². The molecule has 1 aliphatic heterocycles. The average Bonchev–Trinajstić information content (AvgIpc) is 2.57. The Hall–Kier alpha value is -1.56. The second-order valence-corrected chi connectivity index (χ2v) is 9.28. The minimum atomic E-state index is -3.30. The highest BCUT2D eigenvalue weighted by atomic mass is 35.5. The molecule has 7 heteroatoms. The Morgan fingerprint density at radius 2 is 1.77 bits per heavy atom. The van der Waals surface area contributed by atoms with Crippen molar-refractivity contribution in [1.29, 1.82) is 0 Å². The molecule has 3 rings (SSSR count). The molecule has 26 heavy (non-hydrogen) atoms. The zero-order valence-electron chi connectivity index (χ0n) is 14.5. The summed E-state index contributed by atoms with van der Waals surface area (Å²) in [5, 5.41) is 0.936. The van der Waals surface area contributed by atoms with E-state index in [-0.39, 0.29) is 18.4 Å². The van der Waals surface area contributed by atoms with Gasteiger partial charge in [-0.1, -0.05) is 41.4 Å². The highest BCUT2D eigenvalue weighted by molar-refractivity contribution is 7.90. The van der Waals surface area contributed by atoms with Gasteiger partial charge in [0.05, 0.1) is 17.4 Å². The molecule has 0 unspecified atom stereocenters. The van der Waals surface area contributed by atoms with Gasteiger partial charge in [0, 0.05) is 22.8 Å². The number of rotatable bonds is 3. The third-order valence-electron chi connectivity index (χ3n) is 4.80. The summed E-state index contributed by atoms with van der Waals surface area (Å²) in [5.41, 5.74) is 2.30. The molecule has 0 fully saturated rings. The Kier molecular flexibility index (Phi) is 5.33. The van der Waals surface area contributed by atoms with Crippen molar-refractivity contribution in [3.63, 3.8) is 0 Å². The van der Waals surface area contributed by atoms with Crippen LogP contribution in [-0.2, 0) is 27.5 Å². The summed E-state index contributed by atoms with van der Waals surface area (Å²) in [5.74, 6) is -0.0806. The minimum Gasteiger partial charge on any atom is -0.335 e. The summed E-state index contributed by atoms with van der Waals surface area (Å²) >= 11 is 12.4. The first-order valence-corrected chi connectivity index (χ1v) is 10.9. The fourth-order valence-electron chi connectivity index (χ4n) is 3.48. The molecule has 1 aliphatic rings. The number of sulfone groups is 1. The van der Waals surface area contributed by atoms with E-state index >= 15 is 0 Å². The van der Waals surface area contributed by atoms with E-state index in [1.54, 1.807) is 35.2 Å². The Morgan fingerprint density at radius 1 is 1.15 bits per heavy atom. The Balaban J connectivity index is 1.90. The lowest BCUT2D eigenvalue weighted by Crippen LogP contribution is -2.40. The van der Waals surface area contributed by atoms with Crippen molar-refractivity contribution in [3.05, 3.63) is 63.1 Å².